The maximum atomic E-state index is 13.0. The Morgan fingerprint density at radius 1 is 1.33 bits per heavy atom. The lowest BCUT2D eigenvalue weighted by Crippen LogP contribution is -2.14. The Hall–Kier alpha value is -2.01. The van der Waals surface area contributed by atoms with E-state index in [4.69, 9.17) is 14.0 Å². The number of methoxy groups -OCH3 is 1. The molecule has 0 aliphatic carbocycles. The number of hydrogen-bond donors (Lipinski definition) is 0. The minimum Gasteiger partial charge on any atom is -0.469 e. The molecule has 2 aliphatic heterocycles. The van der Waals surface area contributed by atoms with Crippen molar-refractivity contribution in [2.45, 2.75) is 30.7 Å². The molecule has 1 aromatic heterocycles. The van der Waals surface area contributed by atoms with Crippen LogP contribution in [0.25, 0.3) is 11.0 Å². The molecule has 2 aromatic rings. The lowest BCUT2D eigenvalue weighted by molar-refractivity contribution is -0.140. The van der Waals surface area contributed by atoms with Gasteiger partial charge in [0.15, 0.2) is 15.4 Å². The topological polar surface area (TPSA) is 108 Å². The predicted octanol–water partition coefficient (Wildman–Crippen LogP) is 1.16. The molecule has 0 atom stereocenters. The van der Waals surface area contributed by atoms with Crippen molar-refractivity contribution in [2.75, 3.05) is 33.1 Å². The molecule has 0 N–H and O–H groups in total. The molecule has 0 amide bonds. The van der Waals surface area contributed by atoms with E-state index in [9.17, 15) is 13.2 Å². The second kappa shape index (κ2) is 6.86. The average Bonchev–Trinajstić information content (AvgIpc) is 3.36. The summed E-state index contributed by atoms with van der Waals surface area (Å²) in [6.07, 6.45) is -0.994. The highest BCUT2D eigenvalue weighted by Gasteiger charge is 2.34. The van der Waals surface area contributed by atoms with Crippen LogP contribution in [0.5, 0.6) is 0 Å². The number of carbonyl (C=O) groups is 1. The Morgan fingerprint density at radius 2 is 2.07 bits per heavy atom. The molecule has 2 aliphatic rings. The van der Waals surface area contributed by atoms with Gasteiger partial charge in [-0.3, -0.25) is 9.69 Å². The number of carbonyl (C=O) groups excluding carboxylic acids is 1. The van der Waals surface area contributed by atoms with Crippen molar-refractivity contribution in [3.8, 4) is 0 Å². The molecule has 0 radical (unpaired) electrons. The highest BCUT2D eigenvalue weighted by molar-refractivity contribution is 7.91. The fourth-order valence-corrected chi connectivity index (χ4v) is 4.98. The van der Waals surface area contributed by atoms with Gasteiger partial charge >= 0.3 is 5.97 Å². The summed E-state index contributed by atoms with van der Waals surface area (Å²) in [7, 11) is -0.614. The number of aromatic nitrogens is 1. The molecule has 0 spiro atoms. The van der Waals surface area contributed by atoms with Gasteiger partial charge in [0.1, 0.15) is 5.69 Å². The van der Waals surface area contributed by atoms with Gasteiger partial charge in [-0.1, -0.05) is 5.16 Å². The van der Waals surface area contributed by atoms with Gasteiger partial charge in [0, 0.05) is 18.7 Å². The third-order valence-corrected chi connectivity index (χ3v) is 6.52. The van der Waals surface area contributed by atoms with Crippen molar-refractivity contribution in [3.05, 3.63) is 22.9 Å². The van der Waals surface area contributed by atoms with Crippen LogP contribution in [0.4, 0.5) is 0 Å². The minimum absolute atomic E-state index is 0.0887. The molecular formula is C17H20N2O7S. The van der Waals surface area contributed by atoms with Crippen LogP contribution in [0.1, 0.15) is 29.5 Å². The Balaban J connectivity index is 1.87. The van der Waals surface area contributed by atoms with Gasteiger partial charge in [0.05, 0.1) is 42.8 Å². The standard InChI is InChI=1S/C17H20N2O7S/c1-19-8-10-7-12(27(21,22)6-3-13(20)23-2)14-15(17-24-4-5-25-17)18-26-16(14)11(10)9-19/h7,17H,3-6,8-9H2,1-2H3. The van der Waals surface area contributed by atoms with Crippen LogP contribution < -0.4 is 0 Å². The Bertz CT molecular complexity index is 992. The van der Waals surface area contributed by atoms with E-state index < -0.39 is 22.1 Å². The minimum atomic E-state index is -3.78. The quantitative estimate of drug-likeness (QED) is 0.688. The number of esters is 1. The fourth-order valence-electron chi connectivity index (χ4n) is 3.49. The first-order valence-corrected chi connectivity index (χ1v) is 10.2. The van der Waals surface area contributed by atoms with E-state index in [2.05, 4.69) is 14.8 Å². The summed E-state index contributed by atoms with van der Waals surface area (Å²) in [5, 5.41) is 4.44. The van der Waals surface area contributed by atoms with Gasteiger partial charge < -0.3 is 18.7 Å². The van der Waals surface area contributed by atoms with Crippen LogP contribution in [0.3, 0.4) is 0 Å². The monoisotopic (exact) mass is 396 g/mol. The average molecular weight is 396 g/mol. The maximum absolute atomic E-state index is 13.0. The number of rotatable bonds is 5. The summed E-state index contributed by atoms with van der Waals surface area (Å²) in [6.45, 7) is 2.04. The van der Waals surface area contributed by atoms with Gasteiger partial charge in [0.2, 0.25) is 6.29 Å². The van der Waals surface area contributed by atoms with Crippen molar-refractivity contribution >= 4 is 26.8 Å². The van der Waals surface area contributed by atoms with Crippen molar-refractivity contribution in [2.24, 2.45) is 0 Å². The maximum Gasteiger partial charge on any atom is 0.306 e. The van der Waals surface area contributed by atoms with Crippen molar-refractivity contribution in [1.29, 1.82) is 0 Å². The van der Waals surface area contributed by atoms with Crippen LogP contribution in [-0.2, 0) is 41.9 Å². The van der Waals surface area contributed by atoms with E-state index in [1.165, 1.54) is 7.11 Å². The SMILES string of the molecule is COC(=O)CCS(=O)(=O)c1cc2c(c3onc(C4OCCO4)c13)CN(C)C2. The molecule has 9 nitrogen and oxygen atoms in total. The first kappa shape index (κ1) is 18.4. The van der Waals surface area contributed by atoms with Gasteiger partial charge in [-0.05, 0) is 18.7 Å². The predicted molar refractivity (Wildman–Crippen MR) is 92.5 cm³/mol. The zero-order valence-corrected chi connectivity index (χ0v) is 15.9. The zero-order chi connectivity index (χ0) is 19.2. The van der Waals surface area contributed by atoms with Gasteiger partial charge in [-0.25, -0.2) is 8.42 Å². The molecule has 0 unspecified atom stereocenters. The zero-order valence-electron chi connectivity index (χ0n) is 15.1. The highest BCUT2D eigenvalue weighted by Crippen LogP contribution is 2.39. The second-order valence-corrected chi connectivity index (χ2v) is 8.75. The van der Waals surface area contributed by atoms with Crippen LogP contribution in [0, 0.1) is 0 Å². The van der Waals surface area contributed by atoms with E-state index in [0.29, 0.717) is 43.0 Å². The number of sulfone groups is 1. The van der Waals surface area contributed by atoms with Crippen molar-refractivity contribution in [1.82, 2.24) is 10.1 Å². The summed E-state index contributed by atoms with van der Waals surface area (Å²) in [4.78, 5) is 13.6. The second-order valence-electron chi connectivity index (χ2n) is 6.68. The van der Waals surface area contributed by atoms with E-state index >= 15 is 0 Å². The normalized spacial score (nSPS) is 18.3. The van der Waals surface area contributed by atoms with E-state index in [-0.39, 0.29) is 17.1 Å². The summed E-state index contributed by atoms with van der Waals surface area (Å²) in [5.74, 6) is -0.941. The Morgan fingerprint density at radius 3 is 2.78 bits per heavy atom. The van der Waals surface area contributed by atoms with E-state index in [1.807, 2.05) is 7.05 Å². The summed E-state index contributed by atoms with van der Waals surface area (Å²) < 4.78 is 47.2. The summed E-state index contributed by atoms with van der Waals surface area (Å²) >= 11 is 0. The molecule has 3 heterocycles. The van der Waals surface area contributed by atoms with Crippen molar-refractivity contribution < 1.29 is 31.9 Å². The first-order valence-electron chi connectivity index (χ1n) is 8.56. The third kappa shape index (κ3) is 3.22. The number of hydrogen-bond acceptors (Lipinski definition) is 9. The van der Waals surface area contributed by atoms with Gasteiger partial charge in [-0.2, -0.15) is 0 Å². The van der Waals surface area contributed by atoms with Gasteiger partial charge in [-0.15, -0.1) is 0 Å². The van der Waals surface area contributed by atoms with E-state index in [1.54, 1.807) is 6.07 Å². The van der Waals surface area contributed by atoms with Crippen molar-refractivity contribution in [3.63, 3.8) is 0 Å². The van der Waals surface area contributed by atoms with Crippen LogP contribution in [0.15, 0.2) is 15.5 Å². The first-order chi connectivity index (χ1) is 12.9. The molecular weight excluding hydrogens is 376 g/mol. The smallest absolute Gasteiger partial charge is 0.306 e. The molecule has 0 bridgehead atoms. The van der Waals surface area contributed by atoms with Crippen LogP contribution >= 0.6 is 0 Å². The highest BCUT2D eigenvalue weighted by atomic mass is 32.2. The number of fused-ring (bicyclic) bond motifs is 3. The van der Waals surface area contributed by atoms with Gasteiger partial charge in [0.25, 0.3) is 0 Å². The number of ether oxygens (including phenoxy) is 3. The molecule has 4 rings (SSSR count). The lowest BCUT2D eigenvalue weighted by Gasteiger charge is -2.11. The molecule has 146 valence electrons. The third-order valence-electron chi connectivity index (χ3n) is 4.78. The number of benzene rings is 1. The molecule has 1 saturated heterocycles. The molecule has 1 aromatic carbocycles. The van der Waals surface area contributed by atoms with Crippen LogP contribution in [0.2, 0.25) is 0 Å². The molecule has 1 fully saturated rings. The van der Waals surface area contributed by atoms with Crippen LogP contribution in [-0.4, -0.2) is 57.6 Å². The lowest BCUT2D eigenvalue weighted by atomic mass is 10.1. The van der Waals surface area contributed by atoms with E-state index in [0.717, 1.165) is 11.1 Å². The number of nitrogens with zero attached hydrogens (tertiary/aromatic N) is 2. The molecule has 0 saturated carbocycles. The fraction of sp³-hybridized carbons (Fsp3) is 0.529. The Kier molecular flexibility index (Phi) is 4.66. The Labute approximate surface area is 156 Å². The summed E-state index contributed by atoms with van der Waals surface area (Å²) in [6, 6.07) is 1.66. The summed E-state index contributed by atoms with van der Waals surface area (Å²) in [5.41, 5.74) is 2.54. The molecule has 27 heavy (non-hydrogen) atoms. The largest absolute Gasteiger partial charge is 0.469 e. The molecule has 10 heteroatoms.